The van der Waals surface area contributed by atoms with E-state index in [1.165, 1.54) is 6.07 Å². The molecule has 4 nitrogen and oxygen atoms in total. The second-order valence-corrected chi connectivity index (χ2v) is 6.64. The Bertz CT molecular complexity index is 501. The lowest BCUT2D eigenvalue weighted by molar-refractivity contribution is 0.400. The summed E-state index contributed by atoms with van der Waals surface area (Å²) in [7, 11) is 0.455. The van der Waals surface area contributed by atoms with Gasteiger partial charge in [-0.15, -0.1) is 0 Å². The van der Waals surface area contributed by atoms with Gasteiger partial charge < -0.3 is 4.90 Å². The van der Waals surface area contributed by atoms with Crippen LogP contribution in [-0.2, 0) is 10.0 Å². The van der Waals surface area contributed by atoms with E-state index in [1.807, 2.05) is 25.9 Å². The quantitative estimate of drug-likeness (QED) is 0.814. The van der Waals surface area contributed by atoms with Crippen molar-refractivity contribution in [1.29, 1.82) is 0 Å². The summed E-state index contributed by atoms with van der Waals surface area (Å²) < 4.78 is 26.5. The van der Waals surface area contributed by atoms with Gasteiger partial charge >= 0.3 is 0 Å². The van der Waals surface area contributed by atoms with Gasteiger partial charge in [-0.1, -0.05) is 17.7 Å². The average molecular weight is 291 g/mol. The van der Waals surface area contributed by atoms with Crippen molar-refractivity contribution in [1.82, 2.24) is 9.62 Å². The number of nitrogens with one attached hydrogen (secondary N) is 1. The molecule has 0 saturated carbocycles. The average Bonchev–Trinajstić information content (AvgIpc) is 2.28. The lowest BCUT2D eigenvalue weighted by atomic mass is 10.2. The molecule has 1 aromatic rings. The number of nitrogens with zero attached hydrogens (tertiary/aromatic N) is 1. The van der Waals surface area contributed by atoms with Crippen molar-refractivity contribution in [2.75, 3.05) is 27.2 Å². The Hall–Kier alpha value is -0.620. The Balaban J connectivity index is 2.66. The largest absolute Gasteiger partial charge is 0.309 e. The third-order valence-corrected chi connectivity index (χ3v) is 4.39. The van der Waals surface area contributed by atoms with Crippen molar-refractivity contribution in [3.05, 3.63) is 28.8 Å². The summed E-state index contributed by atoms with van der Waals surface area (Å²) >= 11 is 5.92. The molecule has 0 unspecified atom stereocenters. The highest BCUT2D eigenvalue weighted by molar-refractivity contribution is 7.89. The minimum atomic E-state index is -3.45. The van der Waals surface area contributed by atoms with E-state index in [9.17, 15) is 8.42 Å². The molecule has 0 aliphatic heterocycles. The molecule has 0 aliphatic rings. The third kappa shape index (κ3) is 4.57. The fourth-order valence-electron chi connectivity index (χ4n) is 1.43. The molecule has 1 rings (SSSR count). The van der Waals surface area contributed by atoms with Gasteiger partial charge in [0.15, 0.2) is 0 Å². The summed E-state index contributed by atoms with van der Waals surface area (Å²) in [5.41, 5.74) is 0.864. The minimum Gasteiger partial charge on any atom is -0.309 e. The van der Waals surface area contributed by atoms with Crippen LogP contribution in [0.5, 0.6) is 0 Å². The van der Waals surface area contributed by atoms with Crippen molar-refractivity contribution < 1.29 is 8.42 Å². The summed E-state index contributed by atoms with van der Waals surface area (Å²) in [4.78, 5) is 2.22. The zero-order valence-electron chi connectivity index (χ0n) is 10.9. The summed E-state index contributed by atoms with van der Waals surface area (Å²) in [6.45, 7) is 3.10. The number of benzene rings is 1. The molecule has 0 saturated heterocycles. The molecular formula is C12H19ClN2O2S. The SMILES string of the molecule is Cc1ccc(S(=O)(=O)NCCCN(C)C)cc1Cl. The van der Waals surface area contributed by atoms with Crippen LogP contribution in [-0.4, -0.2) is 40.5 Å². The summed E-state index contributed by atoms with van der Waals surface area (Å²) in [5.74, 6) is 0. The summed E-state index contributed by atoms with van der Waals surface area (Å²) in [6, 6.07) is 4.75. The van der Waals surface area contributed by atoms with Crippen molar-refractivity contribution in [3.8, 4) is 0 Å². The summed E-state index contributed by atoms with van der Waals surface area (Å²) in [5, 5.41) is 0.464. The molecule has 0 heterocycles. The fraction of sp³-hybridized carbons (Fsp3) is 0.500. The standard InChI is InChI=1S/C12H19ClN2O2S/c1-10-5-6-11(9-12(10)13)18(16,17)14-7-4-8-15(2)3/h5-6,9,14H,4,7-8H2,1-3H3. The Morgan fingerprint density at radius 3 is 2.56 bits per heavy atom. The first kappa shape index (κ1) is 15.4. The molecular weight excluding hydrogens is 272 g/mol. The second-order valence-electron chi connectivity index (χ2n) is 4.47. The van der Waals surface area contributed by atoms with Crippen LogP contribution in [0.4, 0.5) is 0 Å². The highest BCUT2D eigenvalue weighted by Crippen LogP contribution is 2.19. The van der Waals surface area contributed by atoms with Crippen LogP contribution in [0, 0.1) is 6.92 Å². The van der Waals surface area contributed by atoms with Crippen LogP contribution >= 0.6 is 11.6 Å². The van der Waals surface area contributed by atoms with Crippen molar-refractivity contribution >= 4 is 21.6 Å². The first-order valence-corrected chi connectivity index (χ1v) is 7.59. The minimum absolute atomic E-state index is 0.211. The van der Waals surface area contributed by atoms with Crippen molar-refractivity contribution in [2.24, 2.45) is 0 Å². The van der Waals surface area contributed by atoms with Gasteiger partial charge in [0.05, 0.1) is 4.90 Å². The molecule has 1 N–H and O–H groups in total. The van der Waals surface area contributed by atoms with Gasteiger partial charge in [0.25, 0.3) is 0 Å². The Morgan fingerprint density at radius 2 is 2.00 bits per heavy atom. The number of aryl methyl sites for hydroxylation is 1. The van der Waals surface area contributed by atoms with Crippen LogP contribution < -0.4 is 4.72 Å². The van der Waals surface area contributed by atoms with Gasteiger partial charge in [-0.25, -0.2) is 13.1 Å². The molecule has 0 atom stereocenters. The van der Waals surface area contributed by atoms with Crippen LogP contribution in [0.15, 0.2) is 23.1 Å². The highest BCUT2D eigenvalue weighted by atomic mass is 35.5. The third-order valence-electron chi connectivity index (χ3n) is 2.53. The van der Waals surface area contributed by atoms with Gasteiger partial charge in [0.2, 0.25) is 10.0 Å². The molecule has 1 aromatic carbocycles. The molecule has 6 heteroatoms. The molecule has 0 fully saturated rings. The molecule has 18 heavy (non-hydrogen) atoms. The topological polar surface area (TPSA) is 49.4 Å². The van der Waals surface area contributed by atoms with Gasteiger partial charge in [-0.3, -0.25) is 0 Å². The van der Waals surface area contributed by atoms with Crippen LogP contribution in [0.25, 0.3) is 0 Å². The molecule has 0 aromatic heterocycles. The van der Waals surface area contributed by atoms with Gasteiger partial charge in [-0.2, -0.15) is 0 Å². The molecule has 0 spiro atoms. The van der Waals surface area contributed by atoms with E-state index in [1.54, 1.807) is 12.1 Å². The first-order valence-electron chi connectivity index (χ1n) is 5.73. The predicted octanol–water partition coefficient (Wildman–Crippen LogP) is 1.88. The number of hydrogen-bond acceptors (Lipinski definition) is 3. The maximum Gasteiger partial charge on any atom is 0.240 e. The van der Waals surface area contributed by atoms with E-state index in [0.717, 1.165) is 18.5 Å². The summed E-state index contributed by atoms with van der Waals surface area (Å²) in [6.07, 6.45) is 0.770. The predicted molar refractivity (Wildman–Crippen MR) is 74.5 cm³/mol. The van der Waals surface area contributed by atoms with E-state index in [4.69, 9.17) is 11.6 Å². The fourth-order valence-corrected chi connectivity index (χ4v) is 2.77. The first-order chi connectivity index (χ1) is 8.33. The van der Waals surface area contributed by atoms with Gasteiger partial charge in [0.1, 0.15) is 0 Å². The van der Waals surface area contributed by atoms with E-state index in [-0.39, 0.29) is 4.90 Å². The van der Waals surface area contributed by atoms with Crippen molar-refractivity contribution in [3.63, 3.8) is 0 Å². The van der Waals surface area contributed by atoms with Crippen LogP contribution in [0.2, 0.25) is 5.02 Å². The number of sulfonamides is 1. The monoisotopic (exact) mass is 290 g/mol. The zero-order chi connectivity index (χ0) is 13.8. The van der Waals surface area contributed by atoms with Crippen molar-refractivity contribution in [2.45, 2.75) is 18.2 Å². The van der Waals surface area contributed by atoms with E-state index in [2.05, 4.69) is 4.72 Å². The Morgan fingerprint density at radius 1 is 1.33 bits per heavy atom. The van der Waals surface area contributed by atoms with E-state index >= 15 is 0 Å². The molecule has 0 bridgehead atoms. The number of hydrogen-bond donors (Lipinski definition) is 1. The van der Waals surface area contributed by atoms with Gasteiger partial charge in [-0.05, 0) is 51.7 Å². The van der Waals surface area contributed by atoms with Crippen LogP contribution in [0.3, 0.4) is 0 Å². The lowest BCUT2D eigenvalue weighted by Gasteiger charge is -2.10. The molecule has 0 amide bonds. The normalized spacial score (nSPS) is 12.1. The lowest BCUT2D eigenvalue weighted by Crippen LogP contribution is -2.27. The zero-order valence-corrected chi connectivity index (χ0v) is 12.5. The van der Waals surface area contributed by atoms with E-state index < -0.39 is 10.0 Å². The molecule has 102 valence electrons. The Kier molecular flexibility index (Phi) is 5.59. The molecule has 0 aliphatic carbocycles. The van der Waals surface area contributed by atoms with Gasteiger partial charge in [0, 0.05) is 11.6 Å². The highest BCUT2D eigenvalue weighted by Gasteiger charge is 2.14. The van der Waals surface area contributed by atoms with Crippen LogP contribution in [0.1, 0.15) is 12.0 Å². The Labute approximate surface area is 114 Å². The second kappa shape index (κ2) is 6.52. The molecule has 0 radical (unpaired) electrons. The number of halogens is 1. The maximum atomic E-state index is 12.0. The number of rotatable bonds is 6. The maximum absolute atomic E-state index is 12.0. The smallest absolute Gasteiger partial charge is 0.240 e. The van der Waals surface area contributed by atoms with E-state index in [0.29, 0.717) is 11.6 Å².